The van der Waals surface area contributed by atoms with Crippen molar-refractivity contribution in [1.82, 2.24) is 0 Å². The van der Waals surface area contributed by atoms with Crippen molar-refractivity contribution in [1.29, 1.82) is 0 Å². The minimum absolute atomic E-state index is 0.0880. The van der Waals surface area contributed by atoms with Gasteiger partial charge in [0.25, 0.3) is 6.71 Å². The molecule has 0 fully saturated rings. The van der Waals surface area contributed by atoms with Crippen molar-refractivity contribution >= 4 is 89.9 Å². The van der Waals surface area contributed by atoms with E-state index in [0.29, 0.717) is 0 Å². The number of anilines is 6. The van der Waals surface area contributed by atoms with Crippen LogP contribution in [0.3, 0.4) is 0 Å². The maximum Gasteiger partial charge on any atom is 0.252 e. The molecule has 0 amide bonds. The van der Waals surface area contributed by atoms with Gasteiger partial charge in [0.15, 0.2) is 0 Å². The summed E-state index contributed by atoms with van der Waals surface area (Å²) in [4.78, 5) is 4.93. The molecule has 3 nitrogen and oxygen atoms in total. The molecule has 0 radical (unpaired) electrons. The van der Waals surface area contributed by atoms with Gasteiger partial charge in [-0.25, -0.2) is 0 Å². The summed E-state index contributed by atoms with van der Waals surface area (Å²) in [5.41, 5.74) is 15.2. The monoisotopic (exact) mass is 636 g/mol. The topological polar surface area (TPSA) is 19.6 Å². The Labute approximate surface area is 290 Å². The van der Waals surface area contributed by atoms with E-state index in [-0.39, 0.29) is 6.71 Å². The summed E-state index contributed by atoms with van der Waals surface area (Å²) in [6.07, 6.45) is 0. The summed E-state index contributed by atoms with van der Waals surface area (Å²) >= 11 is 0. The Morgan fingerprint density at radius 1 is 0.400 bits per heavy atom. The highest BCUT2D eigenvalue weighted by Crippen LogP contribution is 2.47. The van der Waals surface area contributed by atoms with Gasteiger partial charge in [-0.3, -0.25) is 0 Å². The molecule has 4 heteroatoms. The average molecular weight is 637 g/mol. The predicted molar refractivity (Wildman–Crippen MR) is 211 cm³/mol. The number of rotatable bonds is 3. The van der Waals surface area contributed by atoms with E-state index >= 15 is 0 Å². The Balaban J connectivity index is 1.16. The number of hydrogen-bond acceptors (Lipinski definition) is 3. The van der Waals surface area contributed by atoms with Crippen LogP contribution in [0, 0.1) is 0 Å². The van der Waals surface area contributed by atoms with Gasteiger partial charge in [-0.05, 0) is 99.0 Å². The Morgan fingerprint density at radius 3 is 1.86 bits per heavy atom. The second-order valence-electron chi connectivity index (χ2n) is 13.3. The highest BCUT2D eigenvalue weighted by atomic mass is 16.3. The highest BCUT2D eigenvalue weighted by Gasteiger charge is 2.43. The maximum atomic E-state index is 6.39. The molecule has 0 N–H and O–H groups in total. The largest absolute Gasteiger partial charge is 0.456 e. The number of fused-ring (bicyclic) bond motifs is 8. The second kappa shape index (κ2) is 10.5. The zero-order chi connectivity index (χ0) is 32.8. The molecule has 0 unspecified atom stereocenters. The van der Waals surface area contributed by atoms with Crippen LogP contribution in [0.2, 0.25) is 0 Å². The van der Waals surface area contributed by atoms with Crippen molar-refractivity contribution in [2.75, 3.05) is 9.80 Å². The summed E-state index contributed by atoms with van der Waals surface area (Å²) in [5, 5.41) is 4.76. The second-order valence-corrected chi connectivity index (χ2v) is 13.3. The van der Waals surface area contributed by atoms with Gasteiger partial charge in [0.05, 0.1) is 11.1 Å². The van der Waals surface area contributed by atoms with E-state index in [1.54, 1.807) is 0 Å². The van der Waals surface area contributed by atoms with Crippen LogP contribution in [0.1, 0.15) is 0 Å². The number of para-hydroxylation sites is 3. The Morgan fingerprint density at radius 2 is 1.00 bits per heavy atom. The van der Waals surface area contributed by atoms with E-state index in [2.05, 4.69) is 180 Å². The molecule has 2 aliphatic heterocycles. The molecule has 50 heavy (non-hydrogen) atoms. The fourth-order valence-electron chi connectivity index (χ4n) is 8.51. The lowest BCUT2D eigenvalue weighted by Gasteiger charge is -2.44. The summed E-state index contributed by atoms with van der Waals surface area (Å²) in [7, 11) is 0. The third-order valence-electron chi connectivity index (χ3n) is 10.6. The minimum atomic E-state index is 0.0880. The molecule has 11 rings (SSSR count). The van der Waals surface area contributed by atoms with E-state index in [1.807, 2.05) is 6.07 Å². The lowest BCUT2D eigenvalue weighted by Crippen LogP contribution is -2.61. The number of furan rings is 1. The Bertz CT molecular complexity index is 2820. The lowest BCUT2D eigenvalue weighted by molar-refractivity contribution is 0.669. The number of benzene rings is 8. The summed E-state index contributed by atoms with van der Waals surface area (Å²) in [6.45, 7) is 0.0880. The molecule has 9 aromatic rings. The first kappa shape index (κ1) is 27.4. The third-order valence-corrected chi connectivity index (χ3v) is 10.6. The van der Waals surface area contributed by atoms with E-state index in [4.69, 9.17) is 4.42 Å². The van der Waals surface area contributed by atoms with Crippen molar-refractivity contribution in [2.24, 2.45) is 0 Å². The van der Waals surface area contributed by atoms with Gasteiger partial charge in [0.2, 0.25) is 0 Å². The zero-order valence-corrected chi connectivity index (χ0v) is 27.1. The van der Waals surface area contributed by atoms with Gasteiger partial charge in [-0.15, -0.1) is 0 Å². The van der Waals surface area contributed by atoms with Crippen molar-refractivity contribution in [2.45, 2.75) is 0 Å². The van der Waals surface area contributed by atoms with Crippen LogP contribution in [-0.4, -0.2) is 6.71 Å². The van der Waals surface area contributed by atoms with Crippen LogP contribution in [-0.2, 0) is 0 Å². The van der Waals surface area contributed by atoms with Crippen LogP contribution in [0.15, 0.2) is 180 Å². The van der Waals surface area contributed by atoms with Crippen LogP contribution in [0.4, 0.5) is 34.1 Å². The molecular formula is C46H29BN2O. The van der Waals surface area contributed by atoms with Crippen LogP contribution in [0.5, 0.6) is 0 Å². The summed E-state index contributed by atoms with van der Waals surface area (Å²) < 4.78 is 6.39. The third kappa shape index (κ3) is 3.87. The van der Waals surface area contributed by atoms with E-state index in [1.165, 1.54) is 61.0 Å². The molecule has 0 spiro atoms. The molecule has 2 aliphatic rings. The molecule has 232 valence electrons. The predicted octanol–water partition coefficient (Wildman–Crippen LogP) is 10.5. The number of hydrogen-bond donors (Lipinski definition) is 0. The van der Waals surface area contributed by atoms with E-state index in [0.717, 1.165) is 33.3 Å². The Kier molecular flexibility index (Phi) is 5.76. The van der Waals surface area contributed by atoms with Crippen LogP contribution < -0.4 is 26.2 Å². The van der Waals surface area contributed by atoms with Gasteiger partial charge < -0.3 is 14.2 Å². The van der Waals surface area contributed by atoms with Crippen molar-refractivity contribution in [3.63, 3.8) is 0 Å². The van der Waals surface area contributed by atoms with Gasteiger partial charge in [-0.2, -0.15) is 0 Å². The normalized spacial score (nSPS) is 13.1. The first-order chi connectivity index (χ1) is 24.8. The van der Waals surface area contributed by atoms with Crippen molar-refractivity contribution < 1.29 is 4.42 Å². The molecule has 0 atom stereocenters. The fraction of sp³-hybridized carbons (Fsp3) is 0. The smallest absolute Gasteiger partial charge is 0.252 e. The molecule has 0 bridgehead atoms. The quantitative estimate of drug-likeness (QED) is 0.180. The SMILES string of the molecule is c1cc(-c2ccc3ccccc3c2)cc(N2c3ccccc3B3c4ccccc4N(c4cccc5oc6ccccc6c45)c4cccc2c43)c1. The molecular weight excluding hydrogens is 607 g/mol. The Hall–Kier alpha value is -6.52. The van der Waals surface area contributed by atoms with Gasteiger partial charge >= 0.3 is 0 Å². The van der Waals surface area contributed by atoms with Crippen molar-refractivity contribution in [3.8, 4) is 11.1 Å². The van der Waals surface area contributed by atoms with E-state index < -0.39 is 0 Å². The standard InChI is InChI=1S/C46H29BN2O/c1-2-13-31-28-33(27-26-30(31)12-1)32-14-9-15-34(29-32)48-38-19-6-4-17-36(38)47-37-18-5-7-20-39(37)49(42-23-10-22-41(48)46(42)47)40-21-11-25-44-45(40)35-16-3-8-24-43(35)50-44/h1-29H. The molecule has 0 saturated heterocycles. The van der Waals surface area contributed by atoms with Gasteiger partial charge in [0.1, 0.15) is 11.2 Å². The van der Waals surface area contributed by atoms with Crippen LogP contribution >= 0.6 is 0 Å². The maximum absolute atomic E-state index is 6.39. The highest BCUT2D eigenvalue weighted by molar-refractivity contribution is 7.00. The first-order valence-corrected chi connectivity index (χ1v) is 17.2. The van der Waals surface area contributed by atoms with Gasteiger partial charge in [0, 0.05) is 33.8 Å². The van der Waals surface area contributed by atoms with Crippen LogP contribution in [0.25, 0.3) is 43.8 Å². The lowest BCUT2D eigenvalue weighted by atomic mass is 9.33. The molecule has 0 saturated carbocycles. The molecule has 3 heterocycles. The first-order valence-electron chi connectivity index (χ1n) is 17.2. The molecule has 0 aliphatic carbocycles. The summed E-state index contributed by atoms with van der Waals surface area (Å²) in [5.74, 6) is 0. The molecule has 1 aromatic heterocycles. The zero-order valence-electron chi connectivity index (χ0n) is 27.1. The van der Waals surface area contributed by atoms with Crippen molar-refractivity contribution in [3.05, 3.63) is 176 Å². The minimum Gasteiger partial charge on any atom is -0.456 e. The van der Waals surface area contributed by atoms with Gasteiger partial charge in [-0.1, -0.05) is 115 Å². The summed E-state index contributed by atoms with van der Waals surface area (Å²) in [6, 6.07) is 63.8. The van der Waals surface area contributed by atoms with E-state index in [9.17, 15) is 0 Å². The fourth-order valence-corrected chi connectivity index (χ4v) is 8.51. The average Bonchev–Trinajstić information content (AvgIpc) is 3.57. The number of nitrogens with zero attached hydrogens (tertiary/aromatic N) is 2. The molecule has 8 aromatic carbocycles.